The Morgan fingerprint density at radius 2 is 1.85 bits per heavy atom. The molecule has 0 bridgehead atoms. The number of benzene rings is 2. The van der Waals surface area contributed by atoms with Crippen LogP contribution in [0.2, 0.25) is 0 Å². The van der Waals surface area contributed by atoms with E-state index in [1.807, 2.05) is 54.4 Å². The zero-order valence-electron chi connectivity index (χ0n) is 15.3. The topological polar surface area (TPSA) is 82.0 Å². The molecule has 0 saturated carbocycles. The monoisotopic (exact) mass is 365 g/mol. The first-order valence-corrected chi connectivity index (χ1v) is 9.02. The van der Waals surface area contributed by atoms with Crippen LogP contribution in [0, 0.1) is 0 Å². The van der Waals surface area contributed by atoms with Crippen LogP contribution in [0.3, 0.4) is 0 Å². The molecule has 27 heavy (non-hydrogen) atoms. The number of amides is 1. The summed E-state index contributed by atoms with van der Waals surface area (Å²) in [7, 11) is 0. The van der Waals surface area contributed by atoms with Crippen molar-refractivity contribution >= 4 is 23.3 Å². The Kier molecular flexibility index (Phi) is 5.86. The van der Waals surface area contributed by atoms with Gasteiger partial charge in [0.15, 0.2) is 0 Å². The largest absolute Gasteiger partial charge is 0.481 e. The number of carboxylic acid groups (broad SMARTS) is 1. The van der Waals surface area contributed by atoms with Crippen LogP contribution in [0.4, 0.5) is 5.69 Å². The standard InChI is InChI=1S/C21H23N3O3/c1-15-13-14-24(23-15)18-9-7-17(8-10-18)21(27)22-19(11-12-20(25)26)16-5-3-2-4-6-16/h2-10,19H,11-14H2,1H3,(H,22,27)(H,25,26). The molecule has 2 N–H and O–H groups in total. The van der Waals surface area contributed by atoms with Gasteiger partial charge in [-0.3, -0.25) is 14.6 Å². The number of carbonyl (C=O) groups is 2. The van der Waals surface area contributed by atoms with Gasteiger partial charge >= 0.3 is 5.97 Å². The number of anilines is 1. The third kappa shape index (κ3) is 4.94. The number of hydrogen-bond acceptors (Lipinski definition) is 4. The lowest BCUT2D eigenvalue weighted by molar-refractivity contribution is -0.137. The van der Waals surface area contributed by atoms with Gasteiger partial charge in [-0.2, -0.15) is 5.10 Å². The lowest BCUT2D eigenvalue weighted by Gasteiger charge is -2.19. The van der Waals surface area contributed by atoms with Gasteiger partial charge in [-0.1, -0.05) is 30.3 Å². The Morgan fingerprint density at radius 1 is 1.15 bits per heavy atom. The van der Waals surface area contributed by atoms with E-state index in [-0.39, 0.29) is 18.4 Å². The summed E-state index contributed by atoms with van der Waals surface area (Å²) in [5, 5.41) is 18.3. The molecule has 1 amide bonds. The summed E-state index contributed by atoms with van der Waals surface area (Å²) in [5.41, 5.74) is 3.48. The van der Waals surface area contributed by atoms with Crippen LogP contribution in [-0.4, -0.2) is 29.2 Å². The number of aliphatic carboxylic acids is 1. The molecule has 0 fully saturated rings. The van der Waals surface area contributed by atoms with E-state index >= 15 is 0 Å². The van der Waals surface area contributed by atoms with Gasteiger partial charge in [0, 0.05) is 30.7 Å². The number of nitrogens with zero attached hydrogens (tertiary/aromatic N) is 2. The second-order valence-corrected chi connectivity index (χ2v) is 6.62. The normalized spacial score (nSPS) is 14.6. The first-order valence-electron chi connectivity index (χ1n) is 9.02. The zero-order valence-corrected chi connectivity index (χ0v) is 15.3. The van der Waals surface area contributed by atoms with Crippen LogP contribution in [0.15, 0.2) is 59.7 Å². The molecule has 6 heteroatoms. The van der Waals surface area contributed by atoms with Crippen LogP contribution in [0.5, 0.6) is 0 Å². The highest BCUT2D eigenvalue weighted by molar-refractivity contribution is 5.95. The predicted molar refractivity (Wildman–Crippen MR) is 105 cm³/mol. The molecule has 0 saturated heterocycles. The van der Waals surface area contributed by atoms with Crippen LogP contribution in [0.25, 0.3) is 0 Å². The number of carbonyl (C=O) groups excluding carboxylic acids is 1. The Balaban J connectivity index is 1.70. The average Bonchev–Trinajstić information content (AvgIpc) is 3.12. The molecule has 2 aromatic rings. The van der Waals surface area contributed by atoms with Crippen molar-refractivity contribution in [1.82, 2.24) is 5.32 Å². The number of carboxylic acids is 1. The first kappa shape index (κ1) is 18.6. The Bertz CT molecular complexity index is 832. The molecule has 2 aromatic carbocycles. The summed E-state index contributed by atoms with van der Waals surface area (Å²) in [4.78, 5) is 23.6. The molecular weight excluding hydrogens is 342 g/mol. The SMILES string of the molecule is CC1=NN(c2ccc(C(=O)NC(CCC(=O)O)c3ccccc3)cc2)CC1. The van der Waals surface area contributed by atoms with Gasteiger partial charge in [-0.25, -0.2) is 0 Å². The summed E-state index contributed by atoms with van der Waals surface area (Å²) in [5.74, 6) is -1.10. The van der Waals surface area contributed by atoms with Crippen molar-refractivity contribution in [2.45, 2.75) is 32.2 Å². The molecule has 6 nitrogen and oxygen atoms in total. The number of hydrogen-bond donors (Lipinski definition) is 2. The van der Waals surface area contributed by atoms with Crippen molar-refractivity contribution in [1.29, 1.82) is 0 Å². The minimum atomic E-state index is -0.879. The molecule has 1 heterocycles. The minimum absolute atomic E-state index is 0.00884. The Hall–Kier alpha value is -3.15. The number of hydrazone groups is 1. The lowest BCUT2D eigenvalue weighted by Crippen LogP contribution is -2.29. The maximum absolute atomic E-state index is 12.7. The Morgan fingerprint density at radius 3 is 2.44 bits per heavy atom. The fraction of sp³-hybridized carbons (Fsp3) is 0.286. The lowest BCUT2D eigenvalue weighted by atomic mass is 10.0. The van der Waals surface area contributed by atoms with Crippen LogP contribution in [-0.2, 0) is 4.79 Å². The molecule has 0 aliphatic carbocycles. The van der Waals surface area contributed by atoms with Crippen molar-refractivity contribution in [3.8, 4) is 0 Å². The van der Waals surface area contributed by atoms with Gasteiger partial charge in [0.1, 0.15) is 0 Å². The fourth-order valence-electron chi connectivity index (χ4n) is 3.06. The van der Waals surface area contributed by atoms with E-state index in [0.717, 1.165) is 29.9 Å². The van der Waals surface area contributed by atoms with E-state index < -0.39 is 5.97 Å². The fourth-order valence-corrected chi connectivity index (χ4v) is 3.06. The second kappa shape index (κ2) is 8.49. The molecule has 140 valence electrons. The maximum Gasteiger partial charge on any atom is 0.303 e. The van der Waals surface area contributed by atoms with E-state index in [1.54, 1.807) is 12.1 Å². The summed E-state index contributed by atoms with van der Waals surface area (Å²) in [6.45, 7) is 2.85. The van der Waals surface area contributed by atoms with Crippen molar-refractivity contribution in [3.63, 3.8) is 0 Å². The highest BCUT2D eigenvalue weighted by Crippen LogP contribution is 2.22. The highest BCUT2D eigenvalue weighted by atomic mass is 16.4. The molecule has 3 rings (SSSR count). The minimum Gasteiger partial charge on any atom is -0.481 e. The van der Waals surface area contributed by atoms with Crippen LogP contribution >= 0.6 is 0 Å². The van der Waals surface area contributed by atoms with Gasteiger partial charge in [-0.15, -0.1) is 0 Å². The first-order chi connectivity index (χ1) is 13.0. The predicted octanol–water partition coefficient (Wildman–Crippen LogP) is 3.61. The highest BCUT2D eigenvalue weighted by Gasteiger charge is 2.18. The van der Waals surface area contributed by atoms with Crippen molar-refractivity contribution in [2.75, 3.05) is 11.6 Å². The summed E-state index contributed by atoms with van der Waals surface area (Å²) >= 11 is 0. The molecule has 0 spiro atoms. The number of nitrogens with one attached hydrogen (secondary N) is 1. The molecular formula is C21H23N3O3. The molecule has 1 aliphatic heterocycles. The second-order valence-electron chi connectivity index (χ2n) is 6.62. The van der Waals surface area contributed by atoms with E-state index in [2.05, 4.69) is 10.4 Å². The van der Waals surface area contributed by atoms with Gasteiger partial charge in [0.05, 0.1) is 11.7 Å². The smallest absolute Gasteiger partial charge is 0.303 e. The van der Waals surface area contributed by atoms with E-state index in [0.29, 0.717) is 12.0 Å². The van der Waals surface area contributed by atoms with E-state index in [9.17, 15) is 9.59 Å². The van der Waals surface area contributed by atoms with E-state index in [4.69, 9.17) is 5.11 Å². The zero-order chi connectivity index (χ0) is 19.2. The van der Waals surface area contributed by atoms with Crippen LogP contribution in [0.1, 0.15) is 48.1 Å². The summed E-state index contributed by atoms with van der Waals surface area (Å²) in [6.07, 6.45) is 1.28. The van der Waals surface area contributed by atoms with Crippen LogP contribution < -0.4 is 10.3 Å². The molecule has 1 unspecified atom stereocenters. The van der Waals surface area contributed by atoms with E-state index in [1.165, 1.54) is 0 Å². The van der Waals surface area contributed by atoms with Gasteiger partial charge in [0.2, 0.25) is 0 Å². The third-order valence-corrected chi connectivity index (χ3v) is 4.56. The molecule has 1 aliphatic rings. The van der Waals surface area contributed by atoms with Crippen molar-refractivity contribution < 1.29 is 14.7 Å². The number of rotatable bonds is 7. The van der Waals surface area contributed by atoms with Gasteiger partial charge < -0.3 is 10.4 Å². The van der Waals surface area contributed by atoms with Gasteiger partial charge in [0.25, 0.3) is 5.91 Å². The summed E-state index contributed by atoms with van der Waals surface area (Å²) < 4.78 is 0. The maximum atomic E-state index is 12.7. The van der Waals surface area contributed by atoms with Gasteiger partial charge in [-0.05, 0) is 43.2 Å². The Labute approximate surface area is 158 Å². The molecule has 1 atom stereocenters. The molecule has 0 radical (unpaired) electrons. The summed E-state index contributed by atoms with van der Waals surface area (Å²) in [6, 6.07) is 16.4. The average molecular weight is 365 g/mol. The third-order valence-electron chi connectivity index (χ3n) is 4.56. The molecule has 0 aromatic heterocycles. The van der Waals surface area contributed by atoms with Crippen molar-refractivity contribution in [3.05, 3.63) is 65.7 Å². The van der Waals surface area contributed by atoms with Crippen molar-refractivity contribution in [2.24, 2.45) is 5.10 Å². The quantitative estimate of drug-likeness (QED) is 0.785.